The van der Waals surface area contributed by atoms with Crippen LogP contribution in [0.25, 0.3) is 0 Å². The van der Waals surface area contributed by atoms with Crippen LogP contribution >= 0.6 is 11.6 Å². The van der Waals surface area contributed by atoms with Crippen LogP contribution in [0.2, 0.25) is 5.02 Å². The number of aryl methyl sites for hydroxylation is 2. The molecule has 0 radical (unpaired) electrons. The van der Waals surface area contributed by atoms with Gasteiger partial charge in [-0.3, -0.25) is 9.10 Å². The molecule has 0 fully saturated rings. The molecule has 3 rings (SSSR count). The normalized spacial score (nSPS) is 17.3. The van der Waals surface area contributed by atoms with E-state index in [9.17, 15) is 13.2 Å². The predicted molar refractivity (Wildman–Crippen MR) is 118 cm³/mol. The van der Waals surface area contributed by atoms with E-state index in [0.717, 1.165) is 36.6 Å². The van der Waals surface area contributed by atoms with Crippen LogP contribution in [0.3, 0.4) is 0 Å². The highest BCUT2D eigenvalue weighted by Gasteiger charge is 2.33. The first kappa shape index (κ1) is 21.7. The van der Waals surface area contributed by atoms with Gasteiger partial charge in [-0.25, -0.2) is 8.42 Å². The molecule has 2 aromatic rings. The molecule has 0 heterocycles. The van der Waals surface area contributed by atoms with Crippen molar-refractivity contribution in [2.75, 3.05) is 10.6 Å². The van der Waals surface area contributed by atoms with E-state index in [2.05, 4.69) is 11.4 Å². The van der Waals surface area contributed by atoms with Gasteiger partial charge in [0.1, 0.15) is 6.04 Å². The molecule has 0 saturated heterocycles. The quantitative estimate of drug-likeness (QED) is 0.733. The van der Waals surface area contributed by atoms with Crippen molar-refractivity contribution in [3.8, 4) is 0 Å². The lowest BCUT2D eigenvalue weighted by Gasteiger charge is -2.33. The van der Waals surface area contributed by atoms with Gasteiger partial charge in [-0.1, -0.05) is 48.9 Å². The molecule has 0 aromatic heterocycles. The first-order chi connectivity index (χ1) is 13.7. The third kappa shape index (κ3) is 4.75. The highest BCUT2D eigenvalue weighted by Crippen LogP contribution is 2.31. The summed E-state index contributed by atoms with van der Waals surface area (Å²) in [7, 11) is -3.69. The number of halogens is 1. The van der Waals surface area contributed by atoms with Gasteiger partial charge in [-0.15, -0.1) is 0 Å². The molecule has 0 bridgehead atoms. The third-order valence-corrected chi connectivity index (χ3v) is 7.01. The van der Waals surface area contributed by atoms with E-state index in [1.54, 1.807) is 18.2 Å². The fourth-order valence-electron chi connectivity index (χ4n) is 3.95. The zero-order valence-corrected chi connectivity index (χ0v) is 18.6. The standard InChI is InChI=1S/C22H27ClN2O3S/c1-4-21(25(29(3,27)28)17-13-12-15(2)19(23)14-17)22(26)24-20-11-7-9-16-8-5-6-10-18(16)20/h5-6,8,10,12-14,20-21H,4,7,9,11H2,1-3H3,(H,24,26). The Labute approximate surface area is 178 Å². The Morgan fingerprint density at radius 3 is 2.66 bits per heavy atom. The molecule has 2 atom stereocenters. The van der Waals surface area contributed by atoms with Crippen molar-refractivity contribution in [3.63, 3.8) is 0 Å². The molecule has 1 amide bonds. The van der Waals surface area contributed by atoms with Crippen LogP contribution in [0.4, 0.5) is 5.69 Å². The number of rotatable bonds is 6. The number of fused-ring (bicyclic) bond motifs is 1. The Morgan fingerprint density at radius 1 is 1.28 bits per heavy atom. The van der Waals surface area contributed by atoms with Crippen molar-refractivity contribution in [3.05, 3.63) is 64.2 Å². The van der Waals surface area contributed by atoms with Crippen molar-refractivity contribution in [1.29, 1.82) is 0 Å². The molecule has 1 aliphatic carbocycles. The molecule has 0 saturated carbocycles. The Morgan fingerprint density at radius 2 is 2.00 bits per heavy atom. The van der Waals surface area contributed by atoms with Gasteiger partial charge in [0.2, 0.25) is 15.9 Å². The van der Waals surface area contributed by atoms with Crippen molar-refractivity contribution >= 4 is 33.2 Å². The summed E-state index contributed by atoms with van der Waals surface area (Å²) >= 11 is 6.23. The summed E-state index contributed by atoms with van der Waals surface area (Å²) in [6.07, 6.45) is 4.29. The van der Waals surface area contributed by atoms with Crippen LogP contribution < -0.4 is 9.62 Å². The highest BCUT2D eigenvalue weighted by molar-refractivity contribution is 7.92. The fourth-order valence-corrected chi connectivity index (χ4v) is 5.33. The van der Waals surface area contributed by atoms with Gasteiger partial charge in [0.15, 0.2) is 0 Å². The number of hydrogen-bond acceptors (Lipinski definition) is 3. The minimum Gasteiger partial charge on any atom is -0.347 e. The van der Waals surface area contributed by atoms with E-state index in [1.807, 2.05) is 32.0 Å². The molecular weight excluding hydrogens is 408 g/mol. The number of carbonyl (C=O) groups is 1. The molecule has 7 heteroatoms. The Bertz CT molecular complexity index is 1010. The zero-order chi connectivity index (χ0) is 21.2. The molecule has 2 aromatic carbocycles. The topological polar surface area (TPSA) is 66.5 Å². The van der Waals surface area contributed by atoms with Gasteiger partial charge in [0.05, 0.1) is 18.0 Å². The molecular formula is C22H27ClN2O3S. The molecule has 2 unspecified atom stereocenters. The number of amides is 1. The number of anilines is 1. The van der Waals surface area contributed by atoms with Crippen LogP contribution in [-0.2, 0) is 21.2 Å². The van der Waals surface area contributed by atoms with Crippen LogP contribution in [0.5, 0.6) is 0 Å². The van der Waals surface area contributed by atoms with Crippen molar-refractivity contribution in [1.82, 2.24) is 5.32 Å². The predicted octanol–water partition coefficient (Wildman–Crippen LogP) is 4.39. The summed E-state index contributed by atoms with van der Waals surface area (Å²) in [6.45, 7) is 3.66. The van der Waals surface area contributed by atoms with Gasteiger partial charge in [0.25, 0.3) is 0 Å². The maximum atomic E-state index is 13.2. The summed E-state index contributed by atoms with van der Waals surface area (Å²) in [5.41, 5.74) is 3.60. The average Bonchev–Trinajstić information content (AvgIpc) is 2.67. The maximum Gasteiger partial charge on any atom is 0.244 e. The Hall–Kier alpha value is -2.05. The third-order valence-electron chi connectivity index (χ3n) is 5.43. The number of hydrogen-bond donors (Lipinski definition) is 1. The lowest BCUT2D eigenvalue weighted by molar-refractivity contribution is -0.123. The van der Waals surface area contributed by atoms with E-state index >= 15 is 0 Å². The first-order valence-corrected chi connectivity index (χ1v) is 12.1. The van der Waals surface area contributed by atoms with E-state index in [1.165, 1.54) is 9.87 Å². The number of benzene rings is 2. The SMILES string of the molecule is CCC(C(=O)NC1CCCc2ccccc21)N(c1ccc(C)c(Cl)c1)S(C)(=O)=O. The number of sulfonamides is 1. The van der Waals surface area contributed by atoms with Crippen LogP contribution in [-0.4, -0.2) is 26.6 Å². The number of carbonyl (C=O) groups excluding carboxylic acids is 1. The van der Waals surface area contributed by atoms with Crippen molar-refractivity contribution in [2.45, 2.75) is 51.6 Å². The molecule has 1 aliphatic rings. The molecule has 0 aliphatic heterocycles. The van der Waals surface area contributed by atoms with E-state index < -0.39 is 16.1 Å². The fraction of sp³-hybridized carbons (Fsp3) is 0.409. The minimum atomic E-state index is -3.69. The summed E-state index contributed by atoms with van der Waals surface area (Å²) in [5.74, 6) is -0.295. The summed E-state index contributed by atoms with van der Waals surface area (Å²) < 4.78 is 26.4. The molecule has 156 valence electrons. The van der Waals surface area contributed by atoms with Gasteiger partial charge in [-0.05, 0) is 61.4 Å². The monoisotopic (exact) mass is 434 g/mol. The minimum absolute atomic E-state index is 0.107. The maximum absolute atomic E-state index is 13.2. The van der Waals surface area contributed by atoms with E-state index in [4.69, 9.17) is 11.6 Å². The first-order valence-electron chi connectivity index (χ1n) is 9.86. The van der Waals surface area contributed by atoms with Crippen molar-refractivity contribution in [2.24, 2.45) is 0 Å². The van der Waals surface area contributed by atoms with Gasteiger partial charge in [-0.2, -0.15) is 0 Å². The average molecular weight is 435 g/mol. The Kier molecular flexibility index (Phi) is 6.54. The highest BCUT2D eigenvalue weighted by atomic mass is 35.5. The van der Waals surface area contributed by atoms with Crippen molar-refractivity contribution < 1.29 is 13.2 Å². The zero-order valence-electron chi connectivity index (χ0n) is 17.0. The molecule has 5 nitrogen and oxygen atoms in total. The second-order valence-electron chi connectivity index (χ2n) is 7.57. The smallest absolute Gasteiger partial charge is 0.244 e. The summed E-state index contributed by atoms with van der Waals surface area (Å²) in [6, 6.07) is 12.2. The second-order valence-corrected chi connectivity index (χ2v) is 9.84. The Balaban J connectivity index is 1.91. The van der Waals surface area contributed by atoms with E-state index in [0.29, 0.717) is 17.1 Å². The lowest BCUT2D eigenvalue weighted by Crippen LogP contribution is -2.50. The second kappa shape index (κ2) is 8.76. The van der Waals surface area contributed by atoms with Gasteiger partial charge in [0, 0.05) is 5.02 Å². The molecule has 29 heavy (non-hydrogen) atoms. The van der Waals surface area contributed by atoms with Gasteiger partial charge < -0.3 is 5.32 Å². The largest absolute Gasteiger partial charge is 0.347 e. The lowest BCUT2D eigenvalue weighted by atomic mass is 9.87. The van der Waals surface area contributed by atoms with E-state index in [-0.39, 0.29) is 11.9 Å². The summed E-state index contributed by atoms with van der Waals surface area (Å²) in [4.78, 5) is 13.2. The number of nitrogens with one attached hydrogen (secondary N) is 1. The van der Waals surface area contributed by atoms with Crippen LogP contribution in [0.15, 0.2) is 42.5 Å². The van der Waals surface area contributed by atoms with Crippen LogP contribution in [0, 0.1) is 6.92 Å². The van der Waals surface area contributed by atoms with Crippen LogP contribution in [0.1, 0.15) is 48.9 Å². The molecule has 1 N–H and O–H groups in total. The summed E-state index contributed by atoms with van der Waals surface area (Å²) in [5, 5.41) is 3.56. The van der Waals surface area contributed by atoms with Gasteiger partial charge >= 0.3 is 0 Å². The number of nitrogens with zero attached hydrogens (tertiary/aromatic N) is 1. The molecule has 0 spiro atoms.